The second-order valence-electron chi connectivity index (χ2n) is 6.49. The molecule has 0 radical (unpaired) electrons. The molecule has 1 amide bonds. The highest BCUT2D eigenvalue weighted by atomic mass is 127. The van der Waals surface area contributed by atoms with E-state index in [1.54, 1.807) is 0 Å². The lowest BCUT2D eigenvalue weighted by Crippen LogP contribution is -2.50. The van der Waals surface area contributed by atoms with Crippen LogP contribution in [-0.2, 0) is 6.54 Å². The standard InChI is InChI=1S/C18H28N4OS.HI/c1-5-20-16(23)15-8-6-14(7-9-15)12-21-17(19-4)22-10-11-24-18(2,3)13-22;/h6-9H,5,10-13H2,1-4H3,(H,19,21)(H,20,23);1H. The number of carbonyl (C=O) groups is 1. The molecule has 25 heavy (non-hydrogen) atoms. The van der Waals surface area contributed by atoms with Crippen LogP contribution in [0.2, 0.25) is 0 Å². The number of amides is 1. The molecule has 0 aliphatic carbocycles. The zero-order valence-corrected chi connectivity index (χ0v) is 18.6. The van der Waals surface area contributed by atoms with Crippen LogP contribution in [-0.4, -0.2) is 53.9 Å². The average Bonchev–Trinajstić information content (AvgIpc) is 2.55. The molecule has 5 nitrogen and oxygen atoms in total. The smallest absolute Gasteiger partial charge is 0.251 e. The summed E-state index contributed by atoms with van der Waals surface area (Å²) in [7, 11) is 1.83. The lowest BCUT2D eigenvalue weighted by molar-refractivity contribution is 0.0956. The molecule has 1 heterocycles. The minimum Gasteiger partial charge on any atom is -0.352 e. The Balaban J connectivity index is 0.00000312. The quantitative estimate of drug-likeness (QED) is 0.399. The Morgan fingerprint density at radius 3 is 2.52 bits per heavy atom. The maximum absolute atomic E-state index is 11.8. The molecule has 0 aromatic heterocycles. The van der Waals surface area contributed by atoms with Crippen molar-refractivity contribution in [3.05, 3.63) is 35.4 Å². The van der Waals surface area contributed by atoms with Crippen LogP contribution in [0.25, 0.3) is 0 Å². The molecule has 7 heteroatoms. The summed E-state index contributed by atoms with van der Waals surface area (Å²) in [5, 5.41) is 6.24. The maximum Gasteiger partial charge on any atom is 0.251 e. The highest BCUT2D eigenvalue weighted by Gasteiger charge is 2.28. The van der Waals surface area contributed by atoms with Crippen molar-refractivity contribution in [2.45, 2.75) is 32.1 Å². The van der Waals surface area contributed by atoms with E-state index in [1.807, 2.05) is 50.0 Å². The van der Waals surface area contributed by atoms with Gasteiger partial charge in [0.15, 0.2) is 5.96 Å². The molecule has 1 saturated heterocycles. The largest absolute Gasteiger partial charge is 0.352 e. The Labute approximate surface area is 172 Å². The van der Waals surface area contributed by atoms with Crippen molar-refractivity contribution < 1.29 is 4.79 Å². The van der Waals surface area contributed by atoms with Gasteiger partial charge < -0.3 is 15.5 Å². The van der Waals surface area contributed by atoms with E-state index in [4.69, 9.17) is 0 Å². The molecule has 0 atom stereocenters. The van der Waals surface area contributed by atoms with E-state index in [-0.39, 0.29) is 34.6 Å². The summed E-state index contributed by atoms with van der Waals surface area (Å²) < 4.78 is 0.254. The summed E-state index contributed by atoms with van der Waals surface area (Å²) in [4.78, 5) is 18.5. The third-order valence-corrected chi connectivity index (χ3v) is 5.24. The van der Waals surface area contributed by atoms with Gasteiger partial charge in [-0.3, -0.25) is 9.79 Å². The normalized spacial score (nSPS) is 16.8. The van der Waals surface area contributed by atoms with E-state index >= 15 is 0 Å². The first-order valence-electron chi connectivity index (χ1n) is 8.42. The molecule has 1 aromatic carbocycles. The monoisotopic (exact) mass is 476 g/mol. The first-order valence-corrected chi connectivity index (χ1v) is 9.40. The number of hydrogen-bond donors (Lipinski definition) is 2. The number of hydrogen-bond acceptors (Lipinski definition) is 3. The second-order valence-corrected chi connectivity index (χ2v) is 8.29. The van der Waals surface area contributed by atoms with Gasteiger partial charge in [-0.05, 0) is 38.5 Å². The van der Waals surface area contributed by atoms with Gasteiger partial charge in [-0.1, -0.05) is 12.1 Å². The van der Waals surface area contributed by atoms with E-state index in [1.165, 1.54) is 0 Å². The molecule has 0 bridgehead atoms. The van der Waals surface area contributed by atoms with Gasteiger partial charge in [-0.2, -0.15) is 11.8 Å². The van der Waals surface area contributed by atoms with Gasteiger partial charge in [-0.15, -0.1) is 24.0 Å². The highest BCUT2D eigenvalue weighted by Crippen LogP contribution is 2.29. The highest BCUT2D eigenvalue weighted by molar-refractivity contribution is 14.0. The summed E-state index contributed by atoms with van der Waals surface area (Å²) >= 11 is 2.01. The van der Waals surface area contributed by atoms with E-state index in [2.05, 4.69) is 34.4 Å². The molecule has 140 valence electrons. The number of nitrogens with zero attached hydrogens (tertiary/aromatic N) is 2. The molecule has 0 spiro atoms. The van der Waals surface area contributed by atoms with Crippen LogP contribution in [0.5, 0.6) is 0 Å². The third kappa shape index (κ3) is 6.69. The molecule has 1 aliphatic rings. The van der Waals surface area contributed by atoms with Gasteiger partial charge in [0.05, 0.1) is 0 Å². The molecule has 0 unspecified atom stereocenters. The van der Waals surface area contributed by atoms with E-state index in [0.717, 1.165) is 30.4 Å². The van der Waals surface area contributed by atoms with Crippen LogP contribution in [0.1, 0.15) is 36.7 Å². The van der Waals surface area contributed by atoms with Crippen molar-refractivity contribution in [3.63, 3.8) is 0 Å². The van der Waals surface area contributed by atoms with Gasteiger partial charge in [0, 0.05) is 49.3 Å². The zero-order valence-electron chi connectivity index (χ0n) is 15.5. The van der Waals surface area contributed by atoms with Crippen LogP contribution in [0.4, 0.5) is 0 Å². The van der Waals surface area contributed by atoms with E-state index < -0.39 is 0 Å². The van der Waals surface area contributed by atoms with Crippen LogP contribution in [0.15, 0.2) is 29.3 Å². The first-order chi connectivity index (χ1) is 11.4. The average molecular weight is 476 g/mol. The summed E-state index contributed by atoms with van der Waals surface area (Å²) in [6.07, 6.45) is 0. The number of nitrogens with one attached hydrogen (secondary N) is 2. The Kier molecular flexibility index (Phi) is 9.06. The Morgan fingerprint density at radius 2 is 1.96 bits per heavy atom. The van der Waals surface area contributed by atoms with Crippen molar-refractivity contribution in [2.75, 3.05) is 32.4 Å². The summed E-state index contributed by atoms with van der Waals surface area (Å²) in [5.74, 6) is 2.03. The lowest BCUT2D eigenvalue weighted by Gasteiger charge is -2.39. The SMILES string of the molecule is CCNC(=O)c1ccc(CNC(=NC)N2CCSC(C)(C)C2)cc1.I. The molecule has 1 fully saturated rings. The molecular weight excluding hydrogens is 447 g/mol. The van der Waals surface area contributed by atoms with Gasteiger partial charge >= 0.3 is 0 Å². The molecular formula is C18H29IN4OS. The first kappa shape index (κ1) is 22.1. The number of aliphatic imine (C=N–C) groups is 1. The van der Waals surface area contributed by atoms with E-state index in [9.17, 15) is 4.79 Å². The minimum atomic E-state index is -0.0270. The van der Waals surface area contributed by atoms with Crippen molar-refractivity contribution in [3.8, 4) is 0 Å². The molecule has 1 aliphatic heterocycles. The number of guanidine groups is 1. The lowest BCUT2D eigenvalue weighted by atomic mass is 10.1. The van der Waals surface area contributed by atoms with Crippen LogP contribution >= 0.6 is 35.7 Å². The number of thioether (sulfide) groups is 1. The maximum atomic E-state index is 11.8. The topological polar surface area (TPSA) is 56.7 Å². The fraction of sp³-hybridized carbons (Fsp3) is 0.556. The zero-order chi connectivity index (χ0) is 17.6. The fourth-order valence-electron chi connectivity index (χ4n) is 2.75. The number of halogens is 1. The van der Waals surface area contributed by atoms with Crippen molar-refractivity contribution in [2.24, 2.45) is 4.99 Å². The van der Waals surface area contributed by atoms with Crippen molar-refractivity contribution in [1.82, 2.24) is 15.5 Å². The number of carbonyl (C=O) groups excluding carboxylic acids is 1. The second kappa shape index (κ2) is 10.3. The van der Waals surface area contributed by atoms with Gasteiger partial charge in [0.1, 0.15) is 0 Å². The molecule has 2 N–H and O–H groups in total. The Bertz CT molecular complexity index is 589. The fourth-order valence-corrected chi connectivity index (χ4v) is 3.86. The Morgan fingerprint density at radius 1 is 1.28 bits per heavy atom. The summed E-state index contributed by atoms with van der Waals surface area (Å²) in [5.41, 5.74) is 1.83. The van der Waals surface area contributed by atoms with Crippen LogP contribution in [0, 0.1) is 0 Å². The number of rotatable bonds is 4. The van der Waals surface area contributed by atoms with Crippen molar-refractivity contribution >= 4 is 47.6 Å². The summed E-state index contributed by atoms with van der Waals surface area (Å²) in [6.45, 7) is 9.82. The summed E-state index contributed by atoms with van der Waals surface area (Å²) in [6, 6.07) is 7.71. The third-order valence-electron chi connectivity index (χ3n) is 3.94. The Hall–Kier alpha value is -0.960. The van der Waals surface area contributed by atoms with E-state index in [0.29, 0.717) is 18.7 Å². The van der Waals surface area contributed by atoms with Crippen LogP contribution < -0.4 is 10.6 Å². The molecule has 0 saturated carbocycles. The van der Waals surface area contributed by atoms with Gasteiger partial charge in [-0.25, -0.2) is 0 Å². The number of benzene rings is 1. The van der Waals surface area contributed by atoms with Crippen LogP contribution in [0.3, 0.4) is 0 Å². The minimum absolute atomic E-state index is 0. The van der Waals surface area contributed by atoms with Gasteiger partial charge in [0.25, 0.3) is 5.91 Å². The molecule has 1 aromatic rings. The predicted molar refractivity (Wildman–Crippen MR) is 118 cm³/mol. The van der Waals surface area contributed by atoms with Gasteiger partial charge in [0.2, 0.25) is 0 Å². The molecule has 2 rings (SSSR count). The van der Waals surface area contributed by atoms with Crippen molar-refractivity contribution in [1.29, 1.82) is 0 Å². The predicted octanol–water partition coefficient (Wildman–Crippen LogP) is 2.96.